The predicted octanol–water partition coefficient (Wildman–Crippen LogP) is 2.65. The molecule has 8 heteroatoms. The van der Waals surface area contributed by atoms with Gasteiger partial charge in [-0.05, 0) is 36.8 Å². The molecule has 0 bridgehead atoms. The molecule has 4 rings (SSSR count). The first-order valence-electron chi connectivity index (χ1n) is 9.46. The number of halogens is 1. The number of rotatable bonds is 5. The second kappa shape index (κ2) is 8.48. The molecule has 0 N–H and O–H groups in total. The molecule has 0 aliphatic carbocycles. The highest BCUT2D eigenvalue weighted by molar-refractivity contribution is 5.78. The maximum absolute atomic E-state index is 13.1. The summed E-state index contributed by atoms with van der Waals surface area (Å²) in [6.07, 6.45) is 0.458. The fourth-order valence-corrected chi connectivity index (χ4v) is 3.31. The minimum absolute atomic E-state index is 0.0421. The van der Waals surface area contributed by atoms with Crippen LogP contribution in [0, 0.1) is 12.7 Å². The molecule has 150 valence electrons. The van der Waals surface area contributed by atoms with Gasteiger partial charge >= 0.3 is 0 Å². The number of amides is 1. The molecule has 1 amide bonds. The van der Waals surface area contributed by atoms with Crippen molar-refractivity contribution in [2.75, 3.05) is 19.7 Å². The SMILES string of the molecule is Cc1nonc1CC(=O)N1CCO[C@H](c2cccc(Cc3ccc(F)cc3)n2)C1. The van der Waals surface area contributed by atoms with Crippen molar-refractivity contribution in [2.45, 2.75) is 25.9 Å². The maximum atomic E-state index is 13.1. The van der Waals surface area contributed by atoms with E-state index in [9.17, 15) is 9.18 Å². The molecule has 0 saturated carbocycles. The summed E-state index contributed by atoms with van der Waals surface area (Å²) < 4.78 is 23.6. The summed E-state index contributed by atoms with van der Waals surface area (Å²) in [6, 6.07) is 12.1. The molecule has 1 aromatic carbocycles. The molecule has 2 aromatic heterocycles. The lowest BCUT2D eigenvalue weighted by Crippen LogP contribution is -2.43. The smallest absolute Gasteiger partial charge is 0.228 e. The van der Waals surface area contributed by atoms with Crippen molar-refractivity contribution in [2.24, 2.45) is 0 Å². The summed E-state index contributed by atoms with van der Waals surface area (Å²) in [5, 5.41) is 7.50. The van der Waals surface area contributed by atoms with Crippen molar-refractivity contribution in [3.8, 4) is 0 Å². The first-order chi connectivity index (χ1) is 14.1. The zero-order valence-electron chi connectivity index (χ0n) is 16.0. The fraction of sp³-hybridized carbons (Fsp3) is 0.333. The standard InChI is InChI=1S/C21H21FN4O3/c1-14-19(25-29-24-14)12-21(27)26-9-10-28-20(13-26)18-4-2-3-17(23-18)11-15-5-7-16(22)8-6-15/h2-8,20H,9-13H2,1H3/t20-/m0/s1. The van der Waals surface area contributed by atoms with E-state index in [1.54, 1.807) is 24.0 Å². The van der Waals surface area contributed by atoms with Crippen LogP contribution in [0.5, 0.6) is 0 Å². The predicted molar refractivity (Wildman–Crippen MR) is 101 cm³/mol. The normalized spacial score (nSPS) is 16.8. The lowest BCUT2D eigenvalue weighted by molar-refractivity contribution is -0.138. The second-order valence-electron chi connectivity index (χ2n) is 7.03. The quantitative estimate of drug-likeness (QED) is 0.660. The van der Waals surface area contributed by atoms with Crippen molar-refractivity contribution < 1.29 is 18.6 Å². The number of carbonyl (C=O) groups is 1. The minimum atomic E-state index is -0.294. The van der Waals surface area contributed by atoms with Crippen LogP contribution in [0.3, 0.4) is 0 Å². The molecule has 7 nitrogen and oxygen atoms in total. The van der Waals surface area contributed by atoms with E-state index in [-0.39, 0.29) is 24.2 Å². The third-order valence-corrected chi connectivity index (χ3v) is 4.94. The molecular formula is C21H21FN4O3. The summed E-state index contributed by atoms with van der Waals surface area (Å²) in [4.78, 5) is 19.1. The Bertz CT molecular complexity index is 990. The molecule has 0 spiro atoms. The van der Waals surface area contributed by atoms with Crippen LogP contribution in [0.1, 0.15) is 34.4 Å². The molecule has 3 heterocycles. The molecule has 1 atom stereocenters. The number of pyridine rings is 1. The lowest BCUT2D eigenvalue weighted by Gasteiger charge is -2.32. The van der Waals surface area contributed by atoms with Gasteiger partial charge < -0.3 is 9.64 Å². The van der Waals surface area contributed by atoms with Crippen molar-refractivity contribution in [1.29, 1.82) is 0 Å². The Morgan fingerprint density at radius 1 is 1.21 bits per heavy atom. The average molecular weight is 396 g/mol. The minimum Gasteiger partial charge on any atom is -0.368 e. The number of hydrogen-bond acceptors (Lipinski definition) is 6. The summed E-state index contributed by atoms with van der Waals surface area (Å²) >= 11 is 0. The first kappa shape index (κ1) is 19.2. The van der Waals surface area contributed by atoms with Gasteiger partial charge in [-0.2, -0.15) is 0 Å². The van der Waals surface area contributed by atoms with E-state index in [0.717, 1.165) is 17.0 Å². The number of morpholine rings is 1. The number of aryl methyl sites for hydroxylation is 1. The van der Waals surface area contributed by atoms with E-state index >= 15 is 0 Å². The van der Waals surface area contributed by atoms with Crippen LogP contribution in [0.4, 0.5) is 4.39 Å². The number of nitrogens with zero attached hydrogens (tertiary/aromatic N) is 4. The molecule has 0 unspecified atom stereocenters. The van der Waals surface area contributed by atoms with Crippen molar-refractivity contribution in [3.05, 3.63) is 76.6 Å². The Balaban J connectivity index is 1.43. The number of aromatic nitrogens is 3. The zero-order chi connectivity index (χ0) is 20.2. The number of benzene rings is 1. The number of ether oxygens (including phenoxy) is 1. The van der Waals surface area contributed by atoms with Crippen LogP contribution in [-0.2, 0) is 22.4 Å². The molecule has 3 aromatic rings. The highest BCUT2D eigenvalue weighted by atomic mass is 19.1. The fourth-order valence-electron chi connectivity index (χ4n) is 3.31. The van der Waals surface area contributed by atoms with Crippen LogP contribution in [0.15, 0.2) is 47.1 Å². The zero-order valence-corrected chi connectivity index (χ0v) is 16.0. The van der Waals surface area contributed by atoms with Gasteiger partial charge in [0.05, 0.1) is 25.3 Å². The van der Waals surface area contributed by atoms with Gasteiger partial charge in [-0.3, -0.25) is 9.78 Å². The third-order valence-electron chi connectivity index (χ3n) is 4.94. The van der Waals surface area contributed by atoms with Gasteiger partial charge in [-0.25, -0.2) is 9.02 Å². The molecule has 29 heavy (non-hydrogen) atoms. The molecule has 0 radical (unpaired) electrons. The van der Waals surface area contributed by atoms with E-state index in [2.05, 4.69) is 14.9 Å². The van der Waals surface area contributed by atoms with Crippen LogP contribution in [-0.4, -0.2) is 45.8 Å². The molecular weight excluding hydrogens is 375 g/mol. The highest BCUT2D eigenvalue weighted by Crippen LogP contribution is 2.22. The largest absolute Gasteiger partial charge is 0.368 e. The van der Waals surface area contributed by atoms with E-state index in [0.29, 0.717) is 37.5 Å². The second-order valence-corrected chi connectivity index (χ2v) is 7.03. The van der Waals surface area contributed by atoms with Gasteiger partial charge in [-0.15, -0.1) is 0 Å². The molecule has 1 saturated heterocycles. The van der Waals surface area contributed by atoms with E-state index in [4.69, 9.17) is 9.72 Å². The van der Waals surface area contributed by atoms with Gasteiger partial charge in [0.2, 0.25) is 5.91 Å². The summed E-state index contributed by atoms with van der Waals surface area (Å²) in [6.45, 7) is 3.15. The Labute approximate surface area is 167 Å². The number of carbonyl (C=O) groups excluding carboxylic acids is 1. The Morgan fingerprint density at radius 2 is 2.03 bits per heavy atom. The summed E-state index contributed by atoms with van der Waals surface area (Å²) in [7, 11) is 0. The first-order valence-corrected chi connectivity index (χ1v) is 9.46. The van der Waals surface area contributed by atoms with Gasteiger partial charge in [0, 0.05) is 18.7 Å². The number of hydrogen-bond donors (Lipinski definition) is 0. The van der Waals surface area contributed by atoms with E-state index < -0.39 is 0 Å². The van der Waals surface area contributed by atoms with Gasteiger partial charge in [0.25, 0.3) is 0 Å². The van der Waals surface area contributed by atoms with Gasteiger partial charge in [0.1, 0.15) is 23.3 Å². The molecule has 1 aliphatic rings. The van der Waals surface area contributed by atoms with Crippen molar-refractivity contribution in [1.82, 2.24) is 20.2 Å². The summed E-state index contributed by atoms with van der Waals surface area (Å²) in [5.74, 6) is -0.299. The van der Waals surface area contributed by atoms with Crippen LogP contribution in [0.25, 0.3) is 0 Å². The third kappa shape index (κ3) is 4.65. The lowest BCUT2D eigenvalue weighted by atomic mass is 10.1. The van der Waals surface area contributed by atoms with Gasteiger partial charge in [-0.1, -0.05) is 28.5 Å². The van der Waals surface area contributed by atoms with Crippen LogP contribution >= 0.6 is 0 Å². The summed E-state index contributed by atoms with van der Waals surface area (Å²) in [5.41, 5.74) is 3.80. The van der Waals surface area contributed by atoms with Crippen molar-refractivity contribution >= 4 is 5.91 Å². The van der Waals surface area contributed by atoms with Crippen LogP contribution in [0.2, 0.25) is 0 Å². The van der Waals surface area contributed by atoms with Gasteiger partial charge in [0.15, 0.2) is 0 Å². The topological polar surface area (TPSA) is 81.4 Å². The van der Waals surface area contributed by atoms with E-state index in [1.807, 2.05) is 18.2 Å². The van der Waals surface area contributed by atoms with Crippen molar-refractivity contribution in [3.63, 3.8) is 0 Å². The average Bonchev–Trinajstić information content (AvgIpc) is 3.14. The van der Waals surface area contributed by atoms with Crippen LogP contribution < -0.4 is 0 Å². The monoisotopic (exact) mass is 396 g/mol. The Hall–Kier alpha value is -3.13. The Kier molecular flexibility index (Phi) is 5.62. The molecule has 1 fully saturated rings. The van der Waals surface area contributed by atoms with E-state index in [1.165, 1.54) is 12.1 Å². The maximum Gasteiger partial charge on any atom is 0.228 e. The Morgan fingerprint density at radius 3 is 2.79 bits per heavy atom. The molecule has 1 aliphatic heterocycles. The highest BCUT2D eigenvalue weighted by Gasteiger charge is 2.27.